The molecule has 1 fully saturated rings. The third-order valence-electron chi connectivity index (χ3n) is 6.42. The molecule has 12 heteroatoms. The molecule has 1 unspecified atom stereocenters. The van der Waals surface area contributed by atoms with Crippen LogP contribution in [0.25, 0.3) is 33.0 Å². The van der Waals surface area contributed by atoms with Crippen molar-refractivity contribution in [3.63, 3.8) is 0 Å². The molecule has 40 heavy (non-hydrogen) atoms. The third kappa shape index (κ3) is 8.56. The van der Waals surface area contributed by atoms with Gasteiger partial charge in [0.2, 0.25) is 0 Å². The van der Waals surface area contributed by atoms with Crippen LogP contribution in [0.4, 0.5) is 0 Å². The van der Waals surface area contributed by atoms with E-state index in [0.717, 1.165) is 24.8 Å². The molecular weight excluding hydrogens is 516 g/mol. The van der Waals surface area contributed by atoms with Gasteiger partial charge in [0.25, 0.3) is 0 Å². The van der Waals surface area contributed by atoms with Crippen LogP contribution in [-0.4, -0.2) is 39.2 Å². The van der Waals surface area contributed by atoms with Crippen LogP contribution in [0.5, 0.6) is 23.0 Å². The lowest BCUT2D eigenvalue weighted by atomic mass is 9.76. The van der Waals surface area contributed by atoms with E-state index in [2.05, 4.69) is 20.1 Å². The number of allylic oxidation sites excluding steroid dienone is 2. The van der Waals surface area contributed by atoms with Gasteiger partial charge in [-0.2, -0.15) is 0 Å². The molecule has 1 atom stereocenters. The second-order valence-corrected chi connectivity index (χ2v) is 8.89. The lowest BCUT2D eigenvalue weighted by Gasteiger charge is -2.27. The van der Waals surface area contributed by atoms with Gasteiger partial charge in [-0.25, -0.2) is 0 Å². The molecule has 0 N–H and O–H groups in total. The van der Waals surface area contributed by atoms with Crippen molar-refractivity contribution in [3.05, 3.63) is 80.6 Å². The molecule has 0 bridgehead atoms. The first-order chi connectivity index (χ1) is 19.5. The predicted octanol–water partition coefficient (Wildman–Crippen LogP) is 6.67. The Hall–Kier alpha value is -4.92. The summed E-state index contributed by atoms with van der Waals surface area (Å²) in [6.07, 6.45) is 9.67. The van der Waals surface area contributed by atoms with Crippen LogP contribution >= 0.6 is 0 Å². The van der Waals surface area contributed by atoms with E-state index in [1.165, 1.54) is 19.3 Å². The van der Waals surface area contributed by atoms with Crippen LogP contribution in [0.2, 0.25) is 0 Å². The molecule has 1 saturated carbocycles. The van der Waals surface area contributed by atoms with Crippen molar-refractivity contribution in [3.8, 4) is 23.0 Å². The highest BCUT2D eigenvalue weighted by Gasteiger charge is 2.29. The molecule has 0 aliphatic heterocycles. The first-order valence-electron chi connectivity index (χ1n) is 12.6. The van der Waals surface area contributed by atoms with Crippen LogP contribution in [0, 0.1) is 11.8 Å². The average Bonchev–Trinajstić information content (AvgIpc) is 2.95. The van der Waals surface area contributed by atoms with Crippen molar-refractivity contribution < 1.29 is 28.5 Å². The molecular formula is C28H30N6O6. The van der Waals surface area contributed by atoms with Gasteiger partial charge in [-0.3, -0.25) is 9.59 Å². The zero-order valence-electron chi connectivity index (χ0n) is 22.3. The largest absolute Gasteiger partial charge is 0.493 e. The summed E-state index contributed by atoms with van der Waals surface area (Å²) in [5.41, 5.74) is 18.3. The molecule has 0 saturated heterocycles. The van der Waals surface area contributed by atoms with Crippen molar-refractivity contribution in [2.24, 2.45) is 22.1 Å². The summed E-state index contributed by atoms with van der Waals surface area (Å²) in [6, 6.07) is 10.1. The first-order valence-corrected chi connectivity index (χ1v) is 12.6. The number of benzene rings is 2. The molecule has 0 spiro atoms. The van der Waals surface area contributed by atoms with Crippen LogP contribution in [0.3, 0.4) is 0 Å². The van der Waals surface area contributed by atoms with Gasteiger partial charge in [0.1, 0.15) is 0 Å². The van der Waals surface area contributed by atoms with Gasteiger partial charge in [0, 0.05) is 9.82 Å². The molecule has 1 aliphatic rings. The minimum absolute atomic E-state index is 0.232. The second kappa shape index (κ2) is 15.5. The monoisotopic (exact) mass is 546 g/mol. The molecule has 2 aromatic rings. The number of carbonyl (C=O) groups is 2. The van der Waals surface area contributed by atoms with Gasteiger partial charge >= 0.3 is 0 Å². The maximum atomic E-state index is 13.2. The Balaban J connectivity index is 1.78. The Bertz CT molecular complexity index is 1360. The van der Waals surface area contributed by atoms with Crippen LogP contribution < -0.4 is 18.9 Å². The van der Waals surface area contributed by atoms with Crippen molar-refractivity contribution in [2.45, 2.75) is 25.7 Å². The van der Waals surface area contributed by atoms with Crippen molar-refractivity contribution in [1.29, 1.82) is 0 Å². The Morgan fingerprint density at radius 2 is 1.38 bits per heavy atom. The molecule has 0 aromatic heterocycles. The van der Waals surface area contributed by atoms with E-state index in [1.807, 2.05) is 0 Å². The highest BCUT2D eigenvalue weighted by Crippen LogP contribution is 2.34. The summed E-state index contributed by atoms with van der Waals surface area (Å²) in [7, 11) is 3.09. The summed E-state index contributed by atoms with van der Waals surface area (Å²) in [4.78, 5) is 31.7. The number of ether oxygens (including phenoxy) is 4. The predicted molar refractivity (Wildman–Crippen MR) is 149 cm³/mol. The summed E-state index contributed by atoms with van der Waals surface area (Å²) in [5.74, 6) is 0.594. The zero-order valence-corrected chi connectivity index (χ0v) is 22.3. The number of hydrogen-bond donors (Lipinski definition) is 0. The fraction of sp³-hybridized carbons (Fsp3) is 0.357. The maximum Gasteiger partial charge on any atom is 0.167 e. The number of hydrogen-bond acceptors (Lipinski definition) is 8. The number of rotatable bonds is 16. The molecule has 3 rings (SSSR count). The Labute approximate surface area is 231 Å². The highest BCUT2D eigenvalue weighted by atomic mass is 16.5. The van der Waals surface area contributed by atoms with Gasteiger partial charge in [0.05, 0.1) is 20.1 Å². The van der Waals surface area contributed by atoms with E-state index in [0.29, 0.717) is 29.4 Å². The van der Waals surface area contributed by atoms with Crippen molar-refractivity contribution >= 4 is 23.7 Å². The topological polar surface area (TPSA) is 169 Å². The molecule has 0 radical (unpaired) electrons. The molecule has 2 aromatic carbocycles. The summed E-state index contributed by atoms with van der Waals surface area (Å²) in [6.45, 7) is -0.547. The highest BCUT2D eigenvalue weighted by molar-refractivity contribution is 6.13. The zero-order chi connectivity index (χ0) is 28.7. The standard InChI is InChI=1S/C28H30N6O6/c1-37-25-12-8-20(15-27(25)38-2)6-10-23(35)22(14-19-4-3-5-19)24(36)11-7-21-9-13-26(39-17-31-33-29)28(16-21)40-18-32-34-30/h6-13,15-16,19,22H,3-5,14,17-18H2,1-2H3/b10-6+,11-7+. The van der Waals surface area contributed by atoms with Gasteiger partial charge in [0.15, 0.2) is 48.0 Å². The number of methoxy groups -OCH3 is 2. The van der Waals surface area contributed by atoms with Crippen LogP contribution in [0.15, 0.2) is 58.8 Å². The van der Waals surface area contributed by atoms with Crippen LogP contribution in [0.1, 0.15) is 36.8 Å². The third-order valence-corrected chi connectivity index (χ3v) is 6.42. The molecule has 1 aliphatic carbocycles. The van der Waals surface area contributed by atoms with Crippen molar-refractivity contribution in [2.75, 3.05) is 27.7 Å². The lowest BCUT2D eigenvalue weighted by Crippen LogP contribution is -2.26. The Morgan fingerprint density at radius 1 is 0.850 bits per heavy atom. The van der Waals surface area contributed by atoms with E-state index in [-0.39, 0.29) is 36.5 Å². The Morgan fingerprint density at radius 3 is 1.88 bits per heavy atom. The molecule has 0 heterocycles. The normalized spacial score (nSPS) is 13.6. The van der Waals surface area contributed by atoms with Gasteiger partial charge < -0.3 is 18.9 Å². The summed E-state index contributed by atoms with van der Waals surface area (Å²) < 4.78 is 21.4. The lowest BCUT2D eigenvalue weighted by molar-refractivity contribution is -0.128. The molecule has 208 valence electrons. The van der Waals surface area contributed by atoms with Crippen molar-refractivity contribution in [1.82, 2.24) is 0 Å². The Kier molecular flexibility index (Phi) is 11.5. The van der Waals surface area contributed by atoms with Gasteiger partial charge in [-0.15, -0.1) is 0 Å². The first kappa shape index (κ1) is 29.6. The van der Waals surface area contributed by atoms with E-state index < -0.39 is 5.92 Å². The minimum atomic E-state index is -0.801. The minimum Gasteiger partial charge on any atom is -0.493 e. The number of azide groups is 2. The number of carbonyl (C=O) groups excluding carboxylic acids is 2. The second-order valence-electron chi connectivity index (χ2n) is 8.89. The SMILES string of the molecule is COc1ccc(/C=C/C(=O)C(CC2CCC2)C(=O)/C=C/c2ccc(OCN=[N+]=[N-])c(OCN=[N+]=[N-])c2)cc1OC. The fourth-order valence-corrected chi connectivity index (χ4v) is 4.09. The molecule has 12 nitrogen and oxygen atoms in total. The van der Waals surface area contributed by atoms with Gasteiger partial charge in [-0.1, -0.05) is 53.8 Å². The average molecular weight is 547 g/mol. The van der Waals surface area contributed by atoms with E-state index in [9.17, 15) is 9.59 Å². The fourth-order valence-electron chi connectivity index (χ4n) is 4.09. The molecule has 0 amide bonds. The smallest absolute Gasteiger partial charge is 0.167 e. The van der Waals surface area contributed by atoms with E-state index in [1.54, 1.807) is 55.7 Å². The van der Waals surface area contributed by atoms with E-state index in [4.69, 9.17) is 30.0 Å². The quantitative estimate of drug-likeness (QED) is 0.0748. The van der Waals surface area contributed by atoms with Gasteiger partial charge in [-0.05, 0) is 70.9 Å². The van der Waals surface area contributed by atoms with E-state index >= 15 is 0 Å². The number of nitrogens with zero attached hydrogens (tertiary/aromatic N) is 6. The summed E-state index contributed by atoms with van der Waals surface area (Å²) >= 11 is 0. The summed E-state index contributed by atoms with van der Waals surface area (Å²) in [5, 5.41) is 6.66. The number of ketones is 2. The van der Waals surface area contributed by atoms with Crippen LogP contribution in [-0.2, 0) is 9.59 Å². The maximum absolute atomic E-state index is 13.2.